The van der Waals surface area contributed by atoms with E-state index in [0.717, 1.165) is 11.1 Å². The highest BCUT2D eigenvalue weighted by atomic mass is 35.5. The second-order valence-electron chi connectivity index (χ2n) is 4.56. The summed E-state index contributed by atoms with van der Waals surface area (Å²) < 4.78 is 5.54. The van der Waals surface area contributed by atoms with Crippen LogP contribution in [0.3, 0.4) is 0 Å². The first-order chi connectivity index (χ1) is 8.93. The van der Waals surface area contributed by atoms with Gasteiger partial charge in [-0.25, -0.2) is 0 Å². The summed E-state index contributed by atoms with van der Waals surface area (Å²) in [6, 6.07) is 5.34. The van der Waals surface area contributed by atoms with E-state index in [1.54, 1.807) is 17.0 Å². The summed E-state index contributed by atoms with van der Waals surface area (Å²) in [5.74, 6) is 0.643. The Balaban J connectivity index is 2.60. The average Bonchev–Trinajstić information content (AvgIpc) is 2.34. The van der Waals surface area contributed by atoms with Crippen LogP contribution in [0.1, 0.15) is 19.4 Å². The minimum Gasteiger partial charge on any atom is -0.483 e. The Hall–Kier alpha value is -1.48. The van der Waals surface area contributed by atoms with Gasteiger partial charge in [0.25, 0.3) is 5.91 Å². The van der Waals surface area contributed by atoms with Crippen LogP contribution in [0.5, 0.6) is 5.75 Å². The zero-order chi connectivity index (χ0) is 14.4. The number of hydrogen-bond acceptors (Lipinski definition) is 2. The van der Waals surface area contributed by atoms with E-state index < -0.39 is 0 Å². The molecular formula is C15H20ClNO2. The van der Waals surface area contributed by atoms with Gasteiger partial charge in [0.05, 0.1) is 0 Å². The number of carbonyl (C=O) groups is 1. The van der Waals surface area contributed by atoms with Crippen LogP contribution in [0.4, 0.5) is 0 Å². The molecule has 3 nitrogen and oxygen atoms in total. The molecular weight excluding hydrogens is 262 g/mol. The molecule has 4 heteroatoms. The fourth-order valence-electron chi connectivity index (χ4n) is 1.71. The number of amides is 1. The summed E-state index contributed by atoms with van der Waals surface area (Å²) >= 11 is 5.87. The summed E-state index contributed by atoms with van der Waals surface area (Å²) in [5.41, 5.74) is 1.88. The molecule has 0 aliphatic rings. The van der Waals surface area contributed by atoms with Gasteiger partial charge >= 0.3 is 0 Å². The Morgan fingerprint density at radius 2 is 2.16 bits per heavy atom. The first-order valence-electron chi connectivity index (χ1n) is 6.25. The van der Waals surface area contributed by atoms with Crippen LogP contribution in [0.15, 0.2) is 30.4 Å². The molecule has 0 atom stereocenters. The fraction of sp³-hybridized carbons (Fsp3) is 0.400. The lowest BCUT2D eigenvalue weighted by atomic mass is 10.2. The zero-order valence-electron chi connectivity index (χ0n) is 11.7. The standard InChI is InChI=1S/C15H20ClNO2/c1-5-17(9-11(2)3)15(18)10-19-14-7-6-13(16)8-12(14)4/h6-8H,2,5,9-10H2,1,3-4H3. The van der Waals surface area contributed by atoms with E-state index in [1.165, 1.54) is 0 Å². The summed E-state index contributed by atoms with van der Waals surface area (Å²) in [6.45, 7) is 10.8. The van der Waals surface area contributed by atoms with E-state index >= 15 is 0 Å². The molecule has 0 bridgehead atoms. The van der Waals surface area contributed by atoms with Gasteiger partial charge in [0.2, 0.25) is 0 Å². The highest BCUT2D eigenvalue weighted by Crippen LogP contribution is 2.21. The number of ether oxygens (including phenoxy) is 1. The number of benzene rings is 1. The van der Waals surface area contributed by atoms with Crippen molar-refractivity contribution in [1.82, 2.24) is 4.90 Å². The monoisotopic (exact) mass is 281 g/mol. The molecule has 0 heterocycles. The van der Waals surface area contributed by atoms with Gasteiger partial charge in [0.1, 0.15) is 5.75 Å². The third-order valence-corrected chi connectivity index (χ3v) is 2.92. The van der Waals surface area contributed by atoms with Crippen molar-refractivity contribution < 1.29 is 9.53 Å². The van der Waals surface area contributed by atoms with Crippen molar-refractivity contribution in [1.29, 1.82) is 0 Å². The Bertz CT molecular complexity index is 471. The van der Waals surface area contributed by atoms with Crippen molar-refractivity contribution in [3.63, 3.8) is 0 Å². The van der Waals surface area contributed by atoms with Crippen molar-refractivity contribution in [2.24, 2.45) is 0 Å². The van der Waals surface area contributed by atoms with Crippen LogP contribution in [-0.2, 0) is 4.79 Å². The number of halogens is 1. The van der Waals surface area contributed by atoms with E-state index in [2.05, 4.69) is 6.58 Å². The molecule has 0 N–H and O–H groups in total. The molecule has 1 amide bonds. The maximum atomic E-state index is 12.0. The molecule has 0 saturated carbocycles. The highest BCUT2D eigenvalue weighted by molar-refractivity contribution is 6.30. The van der Waals surface area contributed by atoms with Gasteiger partial charge in [0, 0.05) is 18.1 Å². The Kier molecular flexibility index (Phi) is 5.90. The minimum atomic E-state index is -0.0418. The van der Waals surface area contributed by atoms with Crippen LogP contribution in [0, 0.1) is 6.92 Å². The number of hydrogen-bond donors (Lipinski definition) is 0. The summed E-state index contributed by atoms with van der Waals surface area (Å²) in [4.78, 5) is 13.7. The van der Waals surface area contributed by atoms with Crippen LogP contribution in [0.25, 0.3) is 0 Å². The lowest BCUT2D eigenvalue weighted by molar-refractivity contribution is -0.132. The molecule has 0 saturated heterocycles. The number of rotatable bonds is 6. The van der Waals surface area contributed by atoms with Crippen molar-refractivity contribution >= 4 is 17.5 Å². The average molecular weight is 282 g/mol. The van der Waals surface area contributed by atoms with Crippen molar-refractivity contribution in [3.8, 4) is 5.75 Å². The maximum absolute atomic E-state index is 12.0. The van der Waals surface area contributed by atoms with E-state index in [-0.39, 0.29) is 12.5 Å². The third kappa shape index (κ3) is 4.95. The lowest BCUT2D eigenvalue weighted by Gasteiger charge is -2.21. The van der Waals surface area contributed by atoms with Gasteiger partial charge in [-0.05, 0) is 44.5 Å². The predicted octanol–water partition coefficient (Wildman–Crippen LogP) is 3.45. The number of carbonyl (C=O) groups excluding carboxylic acids is 1. The van der Waals surface area contributed by atoms with E-state index in [0.29, 0.717) is 23.9 Å². The Labute approximate surface area is 119 Å². The molecule has 104 valence electrons. The van der Waals surface area contributed by atoms with E-state index in [9.17, 15) is 4.79 Å². The molecule has 1 aromatic rings. The summed E-state index contributed by atoms with van der Waals surface area (Å²) in [6.07, 6.45) is 0. The zero-order valence-corrected chi connectivity index (χ0v) is 12.5. The van der Waals surface area contributed by atoms with Crippen molar-refractivity contribution in [2.45, 2.75) is 20.8 Å². The molecule has 0 spiro atoms. The van der Waals surface area contributed by atoms with Gasteiger partial charge < -0.3 is 9.64 Å². The summed E-state index contributed by atoms with van der Waals surface area (Å²) in [7, 11) is 0. The van der Waals surface area contributed by atoms with Crippen LogP contribution in [-0.4, -0.2) is 30.5 Å². The third-order valence-electron chi connectivity index (χ3n) is 2.68. The van der Waals surface area contributed by atoms with Gasteiger partial charge in [-0.15, -0.1) is 0 Å². The van der Waals surface area contributed by atoms with Crippen molar-refractivity contribution in [3.05, 3.63) is 40.9 Å². The molecule has 0 aliphatic carbocycles. The van der Waals surface area contributed by atoms with Gasteiger partial charge in [0.15, 0.2) is 6.61 Å². The van der Waals surface area contributed by atoms with E-state index in [1.807, 2.05) is 26.8 Å². The molecule has 19 heavy (non-hydrogen) atoms. The van der Waals surface area contributed by atoms with Gasteiger partial charge in [-0.3, -0.25) is 4.79 Å². The number of nitrogens with zero attached hydrogens (tertiary/aromatic N) is 1. The van der Waals surface area contributed by atoms with Gasteiger partial charge in [-0.2, -0.15) is 0 Å². The molecule has 0 fully saturated rings. The molecule has 1 rings (SSSR count). The van der Waals surface area contributed by atoms with Crippen LogP contribution in [0.2, 0.25) is 5.02 Å². The molecule has 0 aromatic heterocycles. The number of aryl methyl sites for hydroxylation is 1. The van der Waals surface area contributed by atoms with Gasteiger partial charge in [-0.1, -0.05) is 23.8 Å². The molecule has 1 aromatic carbocycles. The SMILES string of the molecule is C=C(C)CN(CC)C(=O)COc1ccc(Cl)cc1C. The first-order valence-corrected chi connectivity index (χ1v) is 6.63. The second kappa shape index (κ2) is 7.19. The molecule has 0 unspecified atom stereocenters. The Morgan fingerprint density at radius 1 is 1.47 bits per heavy atom. The lowest BCUT2D eigenvalue weighted by Crippen LogP contribution is -2.35. The quantitative estimate of drug-likeness (QED) is 0.748. The van der Waals surface area contributed by atoms with Crippen LogP contribution < -0.4 is 4.74 Å². The maximum Gasteiger partial charge on any atom is 0.260 e. The number of likely N-dealkylation sites (N-methyl/N-ethyl adjacent to an activating group) is 1. The summed E-state index contributed by atoms with van der Waals surface area (Å²) in [5, 5.41) is 0.661. The van der Waals surface area contributed by atoms with E-state index in [4.69, 9.17) is 16.3 Å². The highest BCUT2D eigenvalue weighted by Gasteiger charge is 2.12. The van der Waals surface area contributed by atoms with Crippen LogP contribution >= 0.6 is 11.6 Å². The minimum absolute atomic E-state index is 0.0313. The molecule has 0 aliphatic heterocycles. The fourth-order valence-corrected chi connectivity index (χ4v) is 1.93. The predicted molar refractivity (Wildman–Crippen MR) is 78.8 cm³/mol. The Morgan fingerprint density at radius 3 is 2.68 bits per heavy atom. The first kappa shape index (κ1) is 15.6. The topological polar surface area (TPSA) is 29.5 Å². The smallest absolute Gasteiger partial charge is 0.260 e. The normalized spacial score (nSPS) is 10.1. The van der Waals surface area contributed by atoms with Crippen molar-refractivity contribution in [2.75, 3.05) is 19.7 Å². The second-order valence-corrected chi connectivity index (χ2v) is 5.00. The largest absolute Gasteiger partial charge is 0.483 e. The molecule has 0 radical (unpaired) electrons.